The number of fused-ring (bicyclic) bond motifs is 1. The minimum absolute atomic E-state index is 0.0216. The maximum atomic E-state index is 12.9. The van der Waals surface area contributed by atoms with Gasteiger partial charge in [0.1, 0.15) is 12.4 Å². The molecule has 0 amide bonds. The number of halogens is 1. The molecule has 0 bridgehead atoms. The minimum Gasteiger partial charge on any atom is -0.475 e. The van der Waals surface area contributed by atoms with E-state index in [1.165, 1.54) is 0 Å². The third-order valence-electron chi connectivity index (χ3n) is 6.57. The molecule has 3 aromatic rings. The molecule has 33 heavy (non-hydrogen) atoms. The average Bonchev–Trinajstić information content (AvgIpc) is 3.04. The number of carbonyl (C=O) groups excluding carboxylic acids is 1. The number of aromatic nitrogens is 3. The highest BCUT2D eigenvalue weighted by molar-refractivity contribution is 6.31. The third kappa shape index (κ3) is 5.47. The maximum absolute atomic E-state index is 12.9. The highest BCUT2D eigenvalue weighted by Crippen LogP contribution is 2.32. The predicted octanol–water partition coefficient (Wildman–Crippen LogP) is 4.03. The Balaban J connectivity index is 1.34. The van der Waals surface area contributed by atoms with Crippen molar-refractivity contribution in [2.75, 3.05) is 20.3 Å². The summed E-state index contributed by atoms with van der Waals surface area (Å²) < 4.78 is 14.0. The number of Topliss-reactive ketones (excluding diaryl/α,β-unsaturated/α-hetero) is 1. The Bertz CT molecular complexity index is 1180. The lowest BCUT2D eigenvalue weighted by atomic mass is 9.79. The smallest absolute Gasteiger partial charge is 0.328 e. The van der Waals surface area contributed by atoms with Gasteiger partial charge in [-0.2, -0.15) is 0 Å². The van der Waals surface area contributed by atoms with Crippen LogP contribution in [0, 0.1) is 11.8 Å². The van der Waals surface area contributed by atoms with Gasteiger partial charge in [0.2, 0.25) is 5.88 Å². The van der Waals surface area contributed by atoms with Gasteiger partial charge in [-0.25, -0.2) is 9.78 Å². The molecule has 2 aromatic heterocycles. The Morgan fingerprint density at radius 1 is 1.12 bits per heavy atom. The molecule has 1 fully saturated rings. The summed E-state index contributed by atoms with van der Waals surface area (Å²) in [7, 11) is 3.40. The molecule has 4 rings (SSSR count). The second-order valence-electron chi connectivity index (χ2n) is 8.79. The van der Waals surface area contributed by atoms with Gasteiger partial charge in [-0.3, -0.25) is 13.9 Å². The summed E-state index contributed by atoms with van der Waals surface area (Å²) in [5.74, 6) is 1.23. The van der Waals surface area contributed by atoms with Crippen LogP contribution in [-0.4, -0.2) is 40.2 Å². The van der Waals surface area contributed by atoms with Gasteiger partial charge in [0.15, 0.2) is 0 Å². The second kappa shape index (κ2) is 10.5. The lowest BCUT2D eigenvalue weighted by molar-refractivity contribution is -0.123. The summed E-state index contributed by atoms with van der Waals surface area (Å²) in [5, 5.41) is 0.622. The Kier molecular flexibility index (Phi) is 7.50. The van der Waals surface area contributed by atoms with Crippen LogP contribution in [0.3, 0.4) is 0 Å². The van der Waals surface area contributed by atoms with Gasteiger partial charge >= 0.3 is 5.69 Å². The second-order valence-corrected chi connectivity index (χ2v) is 9.23. The molecule has 0 unspecified atom stereocenters. The molecule has 8 heteroatoms. The first kappa shape index (κ1) is 23.5. The Morgan fingerprint density at radius 2 is 1.91 bits per heavy atom. The van der Waals surface area contributed by atoms with Gasteiger partial charge < -0.3 is 9.47 Å². The van der Waals surface area contributed by atoms with E-state index in [-0.39, 0.29) is 17.4 Å². The lowest BCUT2D eigenvalue weighted by Crippen LogP contribution is -2.29. The summed E-state index contributed by atoms with van der Waals surface area (Å²) in [5.41, 5.74) is 2.66. The summed E-state index contributed by atoms with van der Waals surface area (Å²) in [6.07, 6.45) is 5.66. The maximum Gasteiger partial charge on any atom is 0.328 e. The van der Waals surface area contributed by atoms with Crippen molar-refractivity contribution in [1.82, 2.24) is 14.1 Å². The molecule has 1 aliphatic rings. The van der Waals surface area contributed by atoms with E-state index in [9.17, 15) is 9.59 Å². The number of pyridine rings is 1. The lowest BCUT2D eigenvalue weighted by Gasteiger charge is -2.28. The molecular weight excluding hydrogens is 442 g/mol. The number of rotatable bonds is 9. The monoisotopic (exact) mass is 471 g/mol. The molecule has 0 N–H and O–H groups in total. The van der Waals surface area contributed by atoms with Gasteiger partial charge in [-0.05, 0) is 61.4 Å². The van der Waals surface area contributed by atoms with Gasteiger partial charge in [-0.1, -0.05) is 11.6 Å². The van der Waals surface area contributed by atoms with E-state index >= 15 is 0 Å². The van der Waals surface area contributed by atoms with Crippen LogP contribution >= 0.6 is 11.6 Å². The largest absolute Gasteiger partial charge is 0.475 e. The first-order chi connectivity index (χ1) is 16.0. The molecule has 0 radical (unpaired) electrons. The molecule has 7 nitrogen and oxygen atoms in total. The quantitative estimate of drug-likeness (QED) is 0.440. The zero-order valence-corrected chi connectivity index (χ0v) is 19.9. The fraction of sp³-hybridized carbons (Fsp3) is 0.480. The summed E-state index contributed by atoms with van der Waals surface area (Å²) in [6.45, 7) is 1.59. The van der Waals surface area contributed by atoms with Crippen molar-refractivity contribution in [3.05, 3.63) is 57.6 Å². The van der Waals surface area contributed by atoms with Crippen LogP contribution in [0.25, 0.3) is 11.0 Å². The summed E-state index contributed by atoms with van der Waals surface area (Å²) >= 11 is 6.11. The number of methoxy groups -OCH3 is 1. The zero-order valence-electron chi connectivity index (χ0n) is 19.1. The van der Waals surface area contributed by atoms with Gasteiger partial charge in [0.05, 0.1) is 17.6 Å². The van der Waals surface area contributed by atoms with Gasteiger partial charge in [-0.15, -0.1) is 0 Å². The van der Waals surface area contributed by atoms with Crippen molar-refractivity contribution in [1.29, 1.82) is 0 Å². The van der Waals surface area contributed by atoms with Gasteiger partial charge in [0.25, 0.3) is 0 Å². The molecular formula is C25H30ClN3O4. The first-order valence-corrected chi connectivity index (χ1v) is 11.8. The number of carbonyl (C=O) groups is 1. The van der Waals surface area contributed by atoms with Crippen molar-refractivity contribution < 1.29 is 14.3 Å². The van der Waals surface area contributed by atoms with Gasteiger partial charge in [0, 0.05) is 50.3 Å². The van der Waals surface area contributed by atoms with E-state index < -0.39 is 0 Å². The van der Waals surface area contributed by atoms with Crippen LogP contribution < -0.4 is 10.4 Å². The molecule has 0 saturated heterocycles. The number of hydrogen-bond acceptors (Lipinski definition) is 5. The van der Waals surface area contributed by atoms with E-state index in [1.807, 2.05) is 34.9 Å². The molecule has 0 atom stereocenters. The van der Waals surface area contributed by atoms with Crippen molar-refractivity contribution in [2.45, 2.75) is 38.6 Å². The molecule has 176 valence electrons. The van der Waals surface area contributed by atoms with E-state index in [1.54, 1.807) is 24.9 Å². The predicted molar refractivity (Wildman–Crippen MR) is 128 cm³/mol. The third-order valence-corrected chi connectivity index (χ3v) is 6.80. The summed E-state index contributed by atoms with van der Waals surface area (Å²) in [4.78, 5) is 29.9. The van der Waals surface area contributed by atoms with E-state index in [0.717, 1.165) is 42.3 Å². The number of imidazole rings is 1. The number of aryl methyl sites for hydroxylation is 1. The Morgan fingerprint density at radius 3 is 2.67 bits per heavy atom. The minimum atomic E-state index is -0.0216. The van der Waals surface area contributed by atoms with Crippen LogP contribution in [0.1, 0.15) is 31.2 Å². The number of nitrogens with zero attached hydrogens (tertiary/aromatic N) is 3. The fourth-order valence-electron chi connectivity index (χ4n) is 4.70. The van der Waals surface area contributed by atoms with Crippen molar-refractivity contribution in [2.24, 2.45) is 18.9 Å². The van der Waals surface area contributed by atoms with Crippen LogP contribution in [0.15, 0.2) is 41.3 Å². The Labute approximate surface area is 198 Å². The number of benzene rings is 1. The van der Waals surface area contributed by atoms with Crippen LogP contribution in [0.4, 0.5) is 0 Å². The van der Waals surface area contributed by atoms with Crippen molar-refractivity contribution >= 4 is 28.4 Å². The normalized spacial score (nSPS) is 18.5. The number of ether oxygens (including phenoxy) is 2. The SMILES string of the molecule is COCCOc1cc(CC(=O)C2CCC(Cn3c(=O)n(C)c4cc(Cl)ccc43)CC2)ccn1. The van der Waals surface area contributed by atoms with Crippen LogP contribution in [-0.2, 0) is 29.5 Å². The topological polar surface area (TPSA) is 75.3 Å². The highest BCUT2D eigenvalue weighted by atomic mass is 35.5. The van der Waals surface area contributed by atoms with Crippen LogP contribution in [0.2, 0.25) is 5.02 Å². The number of ketones is 1. The molecule has 1 saturated carbocycles. The molecule has 0 aliphatic heterocycles. The molecule has 1 aliphatic carbocycles. The molecule has 2 heterocycles. The summed E-state index contributed by atoms with van der Waals surface area (Å²) in [6, 6.07) is 9.26. The van der Waals surface area contributed by atoms with Crippen LogP contribution in [0.5, 0.6) is 5.88 Å². The van der Waals surface area contributed by atoms with Crippen molar-refractivity contribution in [3.63, 3.8) is 0 Å². The van der Waals surface area contributed by atoms with E-state index in [2.05, 4.69) is 4.98 Å². The van der Waals surface area contributed by atoms with E-state index in [4.69, 9.17) is 21.1 Å². The average molecular weight is 472 g/mol. The standard InChI is InChI=1S/C25H30ClN3O4/c1-28-22-15-20(26)7-8-21(22)29(25(28)31)16-17-3-5-19(6-4-17)23(30)13-18-9-10-27-24(14-18)33-12-11-32-2/h7-10,14-15,17,19H,3-6,11-13,16H2,1-2H3. The molecule has 0 spiro atoms. The molecule has 1 aromatic carbocycles. The number of hydrogen-bond donors (Lipinski definition) is 0. The van der Waals surface area contributed by atoms with Crippen molar-refractivity contribution in [3.8, 4) is 5.88 Å². The Hall–Kier alpha value is -2.64. The first-order valence-electron chi connectivity index (χ1n) is 11.4. The zero-order chi connectivity index (χ0) is 23.4. The fourth-order valence-corrected chi connectivity index (χ4v) is 4.86. The highest BCUT2D eigenvalue weighted by Gasteiger charge is 2.27. The van der Waals surface area contributed by atoms with E-state index in [0.29, 0.717) is 43.0 Å².